The minimum Gasteiger partial charge on any atom is -0.453 e. The zero-order chi connectivity index (χ0) is 21.8. The number of rotatable bonds is 9. The van der Waals surface area contributed by atoms with Gasteiger partial charge in [0.15, 0.2) is 6.73 Å². The summed E-state index contributed by atoms with van der Waals surface area (Å²) in [5.74, 6) is -0.713. The molecule has 0 radical (unpaired) electrons. The predicted molar refractivity (Wildman–Crippen MR) is 113 cm³/mol. The first-order valence-electron chi connectivity index (χ1n) is 10.4. The maximum absolute atomic E-state index is 14.5. The summed E-state index contributed by atoms with van der Waals surface area (Å²) in [4.78, 5) is 25.9. The van der Waals surface area contributed by atoms with E-state index in [0.717, 1.165) is 10.5 Å². The molecule has 1 aromatic carbocycles. The van der Waals surface area contributed by atoms with Crippen LogP contribution in [-0.2, 0) is 19.1 Å². The Morgan fingerprint density at radius 3 is 2.52 bits per heavy atom. The molecule has 166 valence electrons. The molecule has 4 unspecified atom stereocenters. The van der Waals surface area contributed by atoms with Crippen molar-refractivity contribution in [2.24, 2.45) is 16.9 Å². The molecule has 1 aliphatic carbocycles. The van der Waals surface area contributed by atoms with Gasteiger partial charge in [-0.05, 0) is 31.4 Å². The fourth-order valence-corrected chi connectivity index (χ4v) is 4.35. The highest BCUT2D eigenvalue weighted by molar-refractivity contribution is 6.20. The Morgan fingerprint density at radius 1 is 1.16 bits per heavy atom. The van der Waals surface area contributed by atoms with E-state index in [2.05, 4.69) is 5.10 Å². The highest BCUT2D eigenvalue weighted by Gasteiger charge is 2.47. The third-order valence-corrected chi connectivity index (χ3v) is 5.94. The number of alkyl halides is 2. The lowest BCUT2D eigenvalue weighted by Crippen LogP contribution is -2.37. The van der Waals surface area contributed by atoms with Crippen molar-refractivity contribution in [1.29, 1.82) is 0 Å². The van der Waals surface area contributed by atoms with Gasteiger partial charge in [0.25, 0.3) is 0 Å². The van der Waals surface area contributed by atoms with Crippen molar-refractivity contribution in [2.75, 3.05) is 26.6 Å². The predicted octanol–water partition coefficient (Wildman–Crippen LogP) is 2.90. The van der Waals surface area contributed by atoms with Gasteiger partial charge in [0, 0.05) is 5.56 Å². The van der Waals surface area contributed by atoms with Crippen molar-refractivity contribution >= 4 is 29.3 Å². The van der Waals surface area contributed by atoms with Crippen LogP contribution in [0, 0.1) is 11.8 Å². The summed E-state index contributed by atoms with van der Waals surface area (Å²) >= 11 is 6.22. The molecule has 4 atom stereocenters. The summed E-state index contributed by atoms with van der Waals surface area (Å²) in [5, 5.41) is 5.35. The van der Waals surface area contributed by atoms with Gasteiger partial charge in [0.1, 0.15) is 12.9 Å². The Hall–Kier alpha value is -2.45. The number of allylic oxidation sites excluding steroid dienone is 2. The maximum Gasteiger partial charge on any atom is 0.240 e. The molecule has 0 saturated carbocycles. The van der Waals surface area contributed by atoms with E-state index in [4.69, 9.17) is 21.1 Å². The molecule has 9 heteroatoms. The lowest BCUT2D eigenvalue weighted by atomic mass is 9.85. The number of benzene rings is 1. The van der Waals surface area contributed by atoms with E-state index < -0.39 is 11.5 Å². The highest BCUT2D eigenvalue weighted by atomic mass is 35.5. The second kappa shape index (κ2) is 9.78. The van der Waals surface area contributed by atoms with Gasteiger partial charge in [-0.1, -0.05) is 30.4 Å². The van der Waals surface area contributed by atoms with Gasteiger partial charge >= 0.3 is 0 Å². The van der Waals surface area contributed by atoms with Gasteiger partial charge in [-0.15, -0.1) is 16.7 Å². The largest absolute Gasteiger partial charge is 0.453 e. The van der Waals surface area contributed by atoms with E-state index in [1.54, 1.807) is 5.01 Å². The van der Waals surface area contributed by atoms with Crippen LogP contribution < -0.4 is 0 Å². The third-order valence-electron chi connectivity index (χ3n) is 5.63. The smallest absolute Gasteiger partial charge is 0.240 e. The van der Waals surface area contributed by atoms with E-state index in [9.17, 15) is 14.0 Å². The Morgan fingerprint density at radius 2 is 1.84 bits per heavy atom. The Balaban J connectivity index is 1.18. The number of nitrogens with zero attached hydrogens (tertiary/aromatic N) is 3. The van der Waals surface area contributed by atoms with Crippen molar-refractivity contribution in [2.45, 2.75) is 30.8 Å². The van der Waals surface area contributed by atoms with Crippen LogP contribution >= 0.6 is 11.6 Å². The van der Waals surface area contributed by atoms with Gasteiger partial charge < -0.3 is 9.47 Å². The van der Waals surface area contributed by atoms with Crippen LogP contribution in [0.15, 0.2) is 47.6 Å². The Labute approximate surface area is 185 Å². The number of fused-ring (bicyclic) bond motifs is 1. The van der Waals surface area contributed by atoms with Gasteiger partial charge in [0.2, 0.25) is 17.7 Å². The number of carbonyl (C=O) groups excluding carboxylic acids is 2. The second-order valence-corrected chi connectivity index (χ2v) is 8.54. The normalized spacial score (nSPS) is 24.8. The number of imide groups is 1. The van der Waals surface area contributed by atoms with Gasteiger partial charge in [0.05, 0.1) is 30.4 Å². The van der Waals surface area contributed by atoms with Crippen LogP contribution in [0.4, 0.5) is 4.39 Å². The highest BCUT2D eigenvalue weighted by Crippen LogP contribution is 2.35. The number of hydrogen-bond acceptors (Lipinski definition) is 6. The van der Waals surface area contributed by atoms with E-state index in [-0.39, 0.29) is 56.7 Å². The van der Waals surface area contributed by atoms with Crippen molar-refractivity contribution in [3.05, 3.63) is 48.0 Å². The quantitative estimate of drug-likeness (QED) is 0.329. The summed E-state index contributed by atoms with van der Waals surface area (Å²) in [6.07, 6.45) is 3.50. The minimum absolute atomic E-state index is 0.0127. The lowest BCUT2D eigenvalue weighted by molar-refractivity contribution is -0.140. The molecule has 2 amide bonds. The zero-order valence-corrected chi connectivity index (χ0v) is 17.8. The molecule has 7 nitrogen and oxygen atoms in total. The molecule has 1 fully saturated rings. The van der Waals surface area contributed by atoms with Crippen LogP contribution in [0.1, 0.15) is 24.8 Å². The first-order chi connectivity index (χ1) is 15.0. The van der Waals surface area contributed by atoms with Gasteiger partial charge in [-0.2, -0.15) is 0 Å². The molecular weight excluding hydrogens is 425 g/mol. The number of hydrogen-bond donors (Lipinski definition) is 0. The van der Waals surface area contributed by atoms with Crippen LogP contribution in [0.3, 0.4) is 0 Å². The summed E-state index contributed by atoms with van der Waals surface area (Å²) in [7, 11) is 0. The number of halogens is 2. The molecule has 2 aliphatic heterocycles. The van der Waals surface area contributed by atoms with Crippen LogP contribution in [0.5, 0.6) is 0 Å². The molecule has 0 aromatic heterocycles. The second-order valence-electron chi connectivity index (χ2n) is 7.92. The van der Waals surface area contributed by atoms with Crippen molar-refractivity contribution in [1.82, 2.24) is 9.91 Å². The first kappa shape index (κ1) is 21.8. The lowest BCUT2D eigenvalue weighted by Gasteiger charge is -2.20. The minimum atomic E-state index is -1.40. The third kappa shape index (κ3) is 5.07. The topological polar surface area (TPSA) is 71.4 Å². The van der Waals surface area contributed by atoms with Crippen molar-refractivity contribution in [3.63, 3.8) is 0 Å². The SMILES string of the molecule is O=C1C2CC=CCC2C(=O)N1CC(F)CC(Cl)COCN1COC(c2ccccc2)=N1. The first-order valence-corrected chi connectivity index (χ1v) is 10.8. The van der Waals surface area contributed by atoms with Crippen LogP contribution in [0.25, 0.3) is 0 Å². The summed E-state index contributed by atoms with van der Waals surface area (Å²) < 4.78 is 25.6. The molecule has 1 aromatic rings. The van der Waals surface area contributed by atoms with E-state index >= 15 is 0 Å². The number of amides is 2. The van der Waals surface area contributed by atoms with Crippen molar-refractivity contribution in [3.8, 4) is 0 Å². The van der Waals surface area contributed by atoms with Gasteiger partial charge in [-0.25, -0.2) is 9.40 Å². The zero-order valence-electron chi connectivity index (χ0n) is 17.0. The molecule has 0 spiro atoms. The molecule has 1 saturated heterocycles. The molecule has 4 rings (SSSR count). The number of hydrazone groups is 1. The van der Waals surface area contributed by atoms with Crippen LogP contribution in [-0.4, -0.2) is 65.8 Å². The molecule has 0 bridgehead atoms. The Bertz CT molecular complexity index is 840. The number of ether oxygens (including phenoxy) is 2. The maximum atomic E-state index is 14.5. The molecule has 0 N–H and O–H groups in total. The number of carbonyl (C=O) groups is 2. The molecule has 2 heterocycles. The molecule has 31 heavy (non-hydrogen) atoms. The van der Waals surface area contributed by atoms with Crippen molar-refractivity contribution < 1.29 is 23.5 Å². The average molecular weight is 450 g/mol. The van der Waals surface area contributed by atoms with E-state index in [1.807, 2.05) is 42.5 Å². The molecular formula is C22H25ClFN3O4. The fraction of sp³-hybridized carbons (Fsp3) is 0.500. The average Bonchev–Trinajstić information content (AvgIpc) is 3.34. The number of likely N-dealkylation sites (tertiary alicyclic amines) is 1. The molecule has 3 aliphatic rings. The van der Waals surface area contributed by atoms with E-state index in [1.165, 1.54) is 0 Å². The van der Waals surface area contributed by atoms with Crippen LogP contribution in [0.2, 0.25) is 0 Å². The summed E-state index contributed by atoms with van der Waals surface area (Å²) in [5.41, 5.74) is 0.877. The van der Waals surface area contributed by atoms with E-state index in [0.29, 0.717) is 18.7 Å². The fourth-order valence-electron chi connectivity index (χ4n) is 4.06. The Kier molecular flexibility index (Phi) is 6.87. The summed E-state index contributed by atoms with van der Waals surface area (Å²) in [6, 6.07) is 9.53. The summed E-state index contributed by atoms with van der Waals surface area (Å²) in [6.45, 7) is 0.291. The standard InChI is InChI=1S/C22H25ClFN3O4/c23-16(12-30-13-26-14-31-20(25-26)15-6-2-1-3-7-15)10-17(24)11-27-21(28)18-8-4-5-9-19(18)22(27)29/h1-7,16-19H,8-14H2. The monoisotopic (exact) mass is 449 g/mol. The van der Waals surface area contributed by atoms with Gasteiger partial charge in [-0.3, -0.25) is 14.5 Å².